The summed E-state index contributed by atoms with van der Waals surface area (Å²) < 4.78 is 33.3. The van der Waals surface area contributed by atoms with Crippen molar-refractivity contribution in [2.24, 2.45) is 5.41 Å². The summed E-state index contributed by atoms with van der Waals surface area (Å²) in [5.41, 5.74) is -0.439. The molecule has 0 radical (unpaired) electrons. The van der Waals surface area contributed by atoms with Gasteiger partial charge in [-0.05, 0) is 19.4 Å². The molecule has 0 aliphatic carbocycles. The van der Waals surface area contributed by atoms with E-state index >= 15 is 0 Å². The Labute approximate surface area is 151 Å². The van der Waals surface area contributed by atoms with Crippen molar-refractivity contribution in [1.82, 2.24) is 10.4 Å². The van der Waals surface area contributed by atoms with Gasteiger partial charge in [0, 0.05) is 0 Å². The Balaban J connectivity index is 1.59. The van der Waals surface area contributed by atoms with E-state index in [9.17, 15) is 18.7 Å². The number of hydrogen-bond donors (Lipinski definition) is 2. The topological polar surface area (TPSA) is 71.0 Å². The van der Waals surface area contributed by atoms with Crippen molar-refractivity contribution in [1.29, 1.82) is 0 Å². The summed E-state index contributed by atoms with van der Waals surface area (Å²) in [5, 5.41) is 14.3. The molecule has 3 atom stereocenters. The zero-order chi connectivity index (χ0) is 18.9. The maximum atomic E-state index is 14.0. The van der Waals surface area contributed by atoms with Crippen molar-refractivity contribution in [3.8, 4) is 0 Å². The van der Waals surface area contributed by atoms with Gasteiger partial charge in [0.2, 0.25) is 0 Å². The smallest absolute Gasteiger partial charge is 0.314 e. The van der Waals surface area contributed by atoms with Gasteiger partial charge < -0.3 is 15.2 Å². The average molecular weight is 370 g/mol. The maximum absolute atomic E-state index is 14.0. The van der Waals surface area contributed by atoms with Crippen LogP contribution in [0.15, 0.2) is 30.3 Å². The number of halogens is 2. The Hall–Kier alpha value is -1.61. The number of fused-ring (bicyclic) bond motifs is 1. The van der Waals surface area contributed by atoms with Crippen LogP contribution in [-0.4, -0.2) is 59.9 Å². The number of ether oxygens (including phenoxy) is 1. The molecule has 144 valence electrons. The fourth-order valence-electron chi connectivity index (χ4n) is 3.21. The van der Waals surface area contributed by atoms with E-state index in [2.05, 4.69) is 5.32 Å². The third-order valence-electron chi connectivity index (χ3n) is 5.07. The molecule has 0 amide bonds. The minimum absolute atomic E-state index is 0.0860. The summed E-state index contributed by atoms with van der Waals surface area (Å²) >= 11 is 0. The fourth-order valence-corrected chi connectivity index (χ4v) is 3.21. The third kappa shape index (κ3) is 3.73. The van der Waals surface area contributed by atoms with Gasteiger partial charge in [0.1, 0.15) is 12.6 Å². The van der Waals surface area contributed by atoms with Crippen LogP contribution in [0.25, 0.3) is 0 Å². The maximum Gasteiger partial charge on any atom is 0.314 e. The van der Waals surface area contributed by atoms with E-state index in [0.29, 0.717) is 0 Å². The molecule has 2 heterocycles. The first-order valence-corrected chi connectivity index (χ1v) is 8.62. The molecule has 2 aliphatic rings. The molecule has 6 nitrogen and oxygen atoms in total. The van der Waals surface area contributed by atoms with Gasteiger partial charge >= 0.3 is 5.97 Å². The van der Waals surface area contributed by atoms with Crippen molar-refractivity contribution < 1.29 is 28.3 Å². The molecular weight excluding hydrogens is 346 g/mol. The van der Waals surface area contributed by atoms with Gasteiger partial charge in [0.15, 0.2) is 0 Å². The minimum Gasteiger partial charge on any atom is -0.460 e. The summed E-state index contributed by atoms with van der Waals surface area (Å²) in [4.78, 5) is 17.7. The Morgan fingerprint density at radius 3 is 2.85 bits per heavy atom. The van der Waals surface area contributed by atoms with Crippen molar-refractivity contribution in [2.75, 3.05) is 19.7 Å². The number of aliphatic hydroxyl groups is 1. The quantitative estimate of drug-likeness (QED) is 0.737. The second-order valence-electron chi connectivity index (χ2n) is 7.39. The van der Waals surface area contributed by atoms with E-state index in [4.69, 9.17) is 9.57 Å². The van der Waals surface area contributed by atoms with Gasteiger partial charge in [-0.15, -0.1) is 0 Å². The first-order valence-electron chi connectivity index (χ1n) is 8.62. The third-order valence-corrected chi connectivity index (χ3v) is 5.07. The SMILES string of the molecule is CC(C)(C(=O)OCc1ccccc1)[C@@H](O)CN1OC[C@H]2NCC(F)(F)[C@H]21. The highest BCUT2D eigenvalue weighted by atomic mass is 19.3. The van der Waals surface area contributed by atoms with Gasteiger partial charge in [0.25, 0.3) is 5.92 Å². The molecule has 2 N–H and O–H groups in total. The zero-order valence-electron chi connectivity index (χ0n) is 14.8. The lowest BCUT2D eigenvalue weighted by molar-refractivity contribution is -0.202. The monoisotopic (exact) mass is 370 g/mol. The number of nitrogens with one attached hydrogen (secondary N) is 1. The summed E-state index contributed by atoms with van der Waals surface area (Å²) in [7, 11) is 0. The number of alkyl halides is 2. The summed E-state index contributed by atoms with van der Waals surface area (Å²) in [6.07, 6.45) is -1.22. The molecule has 0 spiro atoms. The summed E-state index contributed by atoms with van der Waals surface area (Å²) in [6, 6.07) is 7.54. The van der Waals surface area contributed by atoms with Crippen LogP contribution in [0.4, 0.5) is 8.78 Å². The highest BCUT2D eigenvalue weighted by Gasteiger charge is 2.57. The number of hydrogen-bond acceptors (Lipinski definition) is 6. The van der Waals surface area contributed by atoms with Gasteiger partial charge in [-0.3, -0.25) is 9.63 Å². The molecule has 2 aliphatic heterocycles. The van der Waals surface area contributed by atoms with Crippen LogP contribution in [0.3, 0.4) is 0 Å². The highest BCUT2D eigenvalue weighted by molar-refractivity contribution is 5.76. The lowest BCUT2D eigenvalue weighted by atomic mass is 9.86. The van der Waals surface area contributed by atoms with E-state index in [0.717, 1.165) is 10.6 Å². The minimum atomic E-state index is -2.95. The number of rotatable bonds is 6. The molecule has 0 aromatic heterocycles. The van der Waals surface area contributed by atoms with Crippen LogP contribution in [0.1, 0.15) is 19.4 Å². The average Bonchev–Trinajstić information content (AvgIpc) is 3.15. The molecule has 0 bridgehead atoms. The molecule has 2 fully saturated rings. The van der Waals surface area contributed by atoms with Gasteiger partial charge in [-0.25, -0.2) is 8.78 Å². The second-order valence-corrected chi connectivity index (χ2v) is 7.39. The number of nitrogens with zero attached hydrogens (tertiary/aromatic N) is 1. The van der Waals surface area contributed by atoms with Crippen LogP contribution in [0, 0.1) is 5.41 Å². The van der Waals surface area contributed by atoms with Crippen LogP contribution in [-0.2, 0) is 21.0 Å². The van der Waals surface area contributed by atoms with E-state index in [-0.39, 0.29) is 19.8 Å². The number of carbonyl (C=O) groups excluding carboxylic acids is 1. The number of hydroxylamine groups is 2. The van der Waals surface area contributed by atoms with Crippen molar-refractivity contribution in [3.05, 3.63) is 35.9 Å². The van der Waals surface area contributed by atoms with Crippen molar-refractivity contribution in [3.63, 3.8) is 0 Å². The van der Waals surface area contributed by atoms with Crippen LogP contribution < -0.4 is 5.32 Å². The lowest BCUT2D eigenvalue weighted by Crippen LogP contribution is -2.51. The molecule has 2 saturated heterocycles. The van der Waals surface area contributed by atoms with E-state index in [1.54, 1.807) is 0 Å². The standard InChI is InChI=1S/C18H24F2N2O4/c1-17(2,16(24)25-9-12-6-4-3-5-7-12)14(23)8-22-15-13(10-26-22)21-11-18(15,19)20/h3-7,13-15,21,23H,8-11H2,1-2H3/t13-,14+,15+/m1/s1. The van der Waals surface area contributed by atoms with E-state index < -0.39 is 42.0 Å². The van der Waals surface area contributed by atoms with Crippen LogP contribution >= 0.6 is 0 Å². The number of β-amino-alcohol motifs (C(OH)–C–C–N with tert-alkyl or cyclic N) is 1. The number of carbonyl (C=O) groups is 1. The lowest BCUT2D eigenvalue weighted by Gasteiger charge is -2.33. The predicted molar refractivity (Wildman–Crippen MR) is 89.2 cm³/mol. The Morgan fingerprint density at radius 2 is 2.15 bits per heavy atom. The Morgan fingerprint density at radius 1 is 1.46 bits per heavy atom. The highest BCUT2D eigenvalue weighted by Crippen LogP contribution is 2.36. The molecule has 0 unspecified atom stereocenters. The first-order chi connectivity index (χ1) is 12.2. The van der Waals surface area contributed by atoms with Crippen molar-refractivity contribution >= 4 is 5.97 Å². The first kappa shape index (κ1) is 19.2. The molecule has 26 heavy (non-hydrogen) atoms. The Bertz CT molecular complexity index is 641. The Kier molecular flexibility index (Phi) is 5.30. The predicted octanol–water partition coefficient (Wildman–Crippen LogP) is 1.34. The number of benzene rings is 1. The second kappa shape index (κ2) is 7.19. The fraction of sp³-hybridized carbons (Fsp3) is 0.611. The van der Waals surface area contributed by atoms with E-state index in [1.165, 1.54) is 13.8 Å². The zero-order valence-corrected chi connectivity index (χ0v) is 14.8. The molecule has 8 heteroatoms. The van der Waals surface area contributed by atoms with Crippen molar-refractivity contribution in [2.45, 2.75) is 44.6 Å². The molecule has 0 saturated carbocycles. The number of aliphatic hydroxyl groups excluding tert-OH is 1. The van der Waals surface area contributed by atoms with Crippen LogP contribution in [0.2, 0.25) is 0 Å². The molecular formula is C18H24F2N2O4. The molecule has 1 aromatic carbocycles. The van der Waals surface area contributed by atoms with Gasteiger partial charge in [0.05, 0.1) is 37.3 Å². The molecule has 3 rings (SSSR count). The molecule has 1 aromatic rings. The summed E-state index contributed by atoms with van der Waals surface area (Å²) in [5.74, 6) is -3.54. The largest absolute Gasteiger partial charge is 0.460 e. The number of esters is 1. The van der Waals surface area contributed by atoms with Crippen LogP contribution in [0.5, 0.6) is 0 Å². The van der Waals surface area contributed by atoms with Gasteiger partial charge in [-0.2, -0.15) is 5.06 Å². The normalized spacial score (nSPS) is 26.5. The van der Waals surface area contributed by atoms with E-state index in [1.807, 2.05) is 30.3 Å². The summed E-state index contributed by atoms with van der Waals surface area (Å²) in [6.45, 7) is 2.65. The van der Waals surface area contributed by atoms with Gasteiger partial charge in [-0.1, -0.05) is 30.3 Å².